The standard InChI is InChI=1S/C14H19N3OS/c1-3-7-18-13-4-6-15-14(17-13)16-11(2)9-12-5-8-19-10-12/h4-6,8,10-11H,3,7,9H2,1-2H3,(H,15,16,17). The second kappa shape index (κ2) is 7.09. The third-order valence-electron chi connectivity index (χ3n) is 2.58. The Morgan fingerprint density at radius 2 is 2.32 bits per heavy atom. The van der Waals surface area contributed by atoms with Gasteiger partial charge in [0, 0.05) is 18.3 Å². The molecule has 0 saturated carbocycles. The minimum atomic E-state index is 0.288. The van der Waals surface area contributed by atoms with Crippen LogP contribution in [0.1, 0.15) is 25.8 Å². The van der Waals surface area contributed by atoms with Crippen LogP contribution in [0.25, 0.3) is 0 Å². The van der Waals surface area contributed by atoms with E-state index in [0.717, 1.165) is 12.8 Å². The summed E-state index contributed by atoms with van der Waals surface area (Å²) < 4.78 is 5.49. The molecule has 1 unspecified atom stereocenters. The molecule has 2 rings (SSSR count). The Morgan fingerprint density at radius 3 is 3.05 bits per heavy atom. The van der Waals surface area contributed by atoms with Crippen LogP contribution in [-0.4, -0.2) is 22.6 Å². The highest BCUT2D eigenvalue weighted by atomic mass is 32.1. The van der Waals surface area contributed by atoms with Crippen LogP contribution in [0.15, 0.2) is 29.1 Å². The number of hydrogen-bond acceptors (Lipinski definition) is 5. The topological polar surface area (TPSA) is 47.0 Å². The first kappa shape index (κ1) is 13.8. The van der Waals surface area contributed by atoms with Gasteiger partial charge in [-0.05, 0) is 42.2 Å². The normalized spacial score (nSPS) is 12.1. The first-order valence-electron chi connectivity index (χ1n) is 6.51. The zero-order valence-electron chi connectivity index (χ0n) is 11.3. The second-order valence-corrected chi connectivity index (χ2v) is 5.23. The lowest BCUT2D eigenvalue weighted by molar-refractivity contribution is 0.305. The van der Waals surface area contributed by atoms with E-state index in [2.05, 4.69) is 46.0 Å². The summed E-state index contributed by atoms with van der Waals surface area (Å²) in [5.74, 6) is 1.25. The molecule has 1 N–H and O–H groups in total. The van der Waals surface area contributed by atoms with Crippen LogP contribution in [0.2, 0.25) is 0 Å². The van der Waals surface area contributed by atoms with Gasteiger partial charge >= 0.3 is 0 Å². The Bertz CT molecular complexity index is 487. The monoisotopic (exact) mass is 277 g/mol. The Labute approximate surface area is 117 Å². The molecule has 0 bridgehead atoms. The largest absolute Gasteiger partial charge is 0.478 e. The number of hydrogen-bond donors (Lipinski definition) is 1. The maximum Gasteiger partial charge on any atom is 0.226 e. The molecule has 102 valence electrons. The van der Waals surface area contributed by atoms with E-state index in [1.807, 2.05) is 0 Å². The number of thiophene rings is 1. The van der Waals surface area contributed by atoms with Gasteiger partial charge in [0.1, 0.15) is 0 Å². The van der Waals surface area contributed by atoms with E-state index in [4.69, 9.17) is 4.74 Å². The lowest BCUT2D eigenvalue weighted by Crippen LogP contribution is -2.19. The van der Waals surface area contributed by atoms with E-state index >= 15 is 0 Å². The van der Waals surface area contributed by atoms with Crippen molar-refractivity contribution in [2.45, 2.75) is 32.7 Å². The smallest absolute Gasteiger partial charge is 0.226 e. The summed E-state index contributed by atoms with van der Waals surface area (Å²) in [5.41, 5.74) is 1.34. The van der Waals surface area contributed by atoms with Crippen LogP contribution >= 0.6 is 11.3 Å². The van der Waals surface area contributed by atoms with Gasteiger partial charge in [0.25, 0.3) is 0 Å². The molecule has 0 aliphatic rings. The Morgan fingerprint density at radius 1 is 1.42 bits per heavy atom. The van der Waals surface area contributed by atoms with Gasteiger partial charge in [0.05, 0.1) is 6.61 Å². The number of anilines is 1. The molecule has 0 fully saturated rings. The molecule has 2 aromatic heterocycles. The number of nitrogens with zero attached hydrogens (tertiary/aromatic N) is 2. The quantitative estimate of drug-likeness (QED) is 0.843. The summed E-state index contributed by atoms with van der Waals surface area (Å²) >= 11 is 1.72. The van der Waals surface area contributed by atoms with Crippen molar-refractivity contribution in [3.63, 3.8) is 0 Å². The average molecular weight is 277 g/mol. The fraction of sp³-hybridized carbons (Fsp3) is 0.429. The molecule has 0 aliphatic heterocycles. The fourth-order valence-corrected chi connectivity index (χ4v) is 2.41. The molecule has 1 atom stereocenters. The Balaban J connectivity index is 1.90. The van der Waals surface area contributed by atoms with Gasteiger partial charge in [-0.2, -0.15) is 16.3 Å². The number of ether oxygens (including phenoxy) is 1. The van der Waals surface area contributed by atoms with E-state index in [0.29, 0.717) is 18.4 Å². The minimum absolute atomic E-state index is 0.288. The molecular weight excluding hydrogens is 258 g/mol. The van der Waals surface area contributed by atoms with Crippen LogP contribution in [0.5, 0.6) is 5.88 Å². The van der Waals surface area contributed by atoms with Gasteiger partial charge in [-0.1, -0.05) is 6.92 Å². The van der Waals surface area contributed by atoms with Crippen LogP contribution in [0.4, 0.5) is 5.95 Å². The molecule has 0 radical (unpaired) electrons. The lowest BCUT2D eigenvalue weighted by atomic mass is 10.1. The molecule has 5 heteroatoms. The van der Waals surface area contributed by atoms with Crippen molar-refractivity contribution in [3.05, 3.63) is 34.7 Å². The molecule has 4 nitrogen and oxygen atoms in total. The SMILES string of the molecule is CCCOc1ccnc(NC(C)Cc2ccsc2)n1. The van der Waals surface area contributed by atoms with Gasteiger partial charge in [-0.15, -0.1) is 0 Å². The number of nitrogens with one attached hydrogen (secondary N) is 1. The summed E-state index contributed by atoms with van der Waals surface area (Å²) in [6.45, 7) is 4.88. The maximum absolute atomic E-state index is 5.49. The second-order valence-electron chi connectivity index (χ2n) is 4.45. The summed E-state index contributed by atoms with van der Waals surface area (Å²) in [5, 5.41) is 7.56. The third kappa shape index (κ3) is 4.52. The third-order valence-corrected chi connectivity index (χ3v) is 3.31. The molecule has 0 aliphatic carbocycles. The first-order chi connectivity index (χ1) is 9.28. The lowest BCUT2D eigenvalue weighted by Gasteiger charge is -2.13. The van der Waals surface area contributed by atoms with Gasteiger partial charge in [-0.25, -0.2) is 4.98 Å². The number of aromatic nitrogens is 2. The Hall–Kier alpha value is -1.62. The molecule has 2 aromatic rings. The predicted octanol–water partition coefficient (Wildman–Crippen LogP) is 3.37. The van der Waals surface area contributed by atoms with Crippen molar-refractivity contribution in [1.29, 1.82) is 0 Å². The first-order valence-corrected chi connectivity index (χ1v) is 7.45. The van der Waals surface area contributed by atoms with Crippen LogP contribution in [0, 0.1) is 0 Å². The van der Waals surface area contributed by atoms with E-state index in [1.165, 1.54) is 5.56 Å². The summed E-state index contributed by atoms with van der Waals surface area (Å²) in [6.07, 6.45) is 3.66. The Kier molecular flexibility index (Phi) is 5.15. The molecular formula is C14H19N3OS. The summed E-state index contributed by atoms with van der Waals surface area (Å²) in [6, 6.07) is 4.21. The highest BCUT2D eigenvalue weighted by molar-refractivity contribution is 7.07. The maximum atomic E-state index is 5.49. The van der Waals surface area contributed by atoms with Gasteiger partial charge in [0.15, 0.2) is 0 Å². The van der Waals surface area contributed by atoms with Crippen molar-refractivity contribution in [2.75, 3.05) is 11.9 Å². The van der Waals surface area contributed by atoms with Gasteiger partial charge in [0.2, 0.25) is 11.8 Å². The fourth-order valence-electron chi connectivity index (χ4n) is 1.73. The van der Waals surface area contributed by atoms with E-state index < -0.39 is 0 Å². The molecule has 0 amide bonds. The average Bonchev–Trinajstić information content (AvgIpc) is 2.89. The minimum Gasteiger partial charge on any atom is -0.478 e. The van der Waals surface area contributed by atoms with Crippen molar-refractivity contribution < 1.29 is 4.74 Å². The summed E-state index contributed by atoms with van der Waals surface area (Å²) in [4.78, 5) is 8.55. The van der Waals surface area contributed by atoms with Crippen LogP contribution in [-0.2, 0) is 6.42 Å². The highest BCUT2D eigenvalue weighted by Crippen LogP contribution is 2.13. The molecule has 0 saturated heterocycles. The van der Waals surface area contributed by atoms with Crippen molar-refractivity contribution in [2.24, 2.45) is 0 Å². The van der Waals surface area contributed by atoms with E-state index in [9.17, 15) is 0 Å². The molecule has 19 heavy (non-hydrogen) atoms. The van der Waals surface area contributed by atoms with Crippen LogP contribution in [0.3, 0.4) is 0 Å². The van der Waals surface area contributed by atoms with Crippen molar-refractivity contribution in [1.82, 2.24) is 9.97 Å². The van der Waals surface area contributed by atoms with Crippen LogP contribution < -0.4 is 10.1 Å². The summed E-state index contributed by atoms with van der Waals surface area (Å²) in [7, 11) is 0. The zero-order valence-corrected chi connectivity index (χ0v) is 12.1. The highest BCUT2D eigenvalue weighted by Gasteiger charge is 2.06. The van der Waals surface area contributed by atoms with E-state index in [-0.39, 0.29) is 6.04 Å². The zero-order chi connectivity index (χ0) is 13.5. The molecule has 0 spiro atoms. The van der Waals surface area contributed by atoms with Gasteiger partial charge < -0.3 is 10.1 Å². The molecule has 2 heterocycles. The molecule has 0 aromatic carbocycles. The van der Waals surface area contributed by atoms with E-state index in [1.54, 1.807) is 23.6 Å². The number of rotatable bonds is 7. The van der Waals surface area contributed by atoms with Crippen molar-refractivity contribution >= 4 is 17.3 Å². The van der Waals surface area contributed by atoms with Crippen molar-refractivity contribution in [3.8, 4) is 5.88 Å². The predicted molar refractivity (Wildman–Crippen MR) is 78.9 cm³/mol. The van der Waals surface area contributed by atoms with Gasteiger partial charge in [-0.3, -0.25) is 0 Å².